The van der Waals surface area contributed by atoms with Crippen LogP contribution in [-0.4, -0.2) is 32.8 Å². The molecule has 2 aromatic carbocycles. The summed E-state index contributed by atoms with van der Waals surface area (Å²) in [6.45, 7) is 9.70. The van der Waals surface area contributed by atoms with Crippen LogP contribution < -0.4 is 14.8 Å². The molecule has 1 amide bonds. The molecule has 0 fully saturated rings. The van der Waals surface area contributed by atoms with Gasteiger partial charge in [0, 0.05) is 12.1 Å². The molecule has 3 rings (SSSR count). The van der Waals surface area contributed by atoms with Crippen molar-refractivity contribution in [2.24, 2.45) is 4.99 Å². The lowest BCUT2D eigenvalue weighted by atomic mass is 10.0. The first-order valence-electron chi connectivity index (χ1n) is 10.5. The van der Waals surface area contributed by atoms with Crippen molar-refractivity contribution in [1.29, 1.82) is 0 Å². The molecule has 0 saturated heterocycles. The van der Waals surface area contributed by atoms with Gasteiger partial charge < -0.3 is 10.1 Å². The molecule has 0 radical (unpaired) electrons. The molecule has 0 aromatic heterocycles. The molecule has 1 aliphatic heterocycles. The van der Waals surface area contributed by atoms with E-state index in [4.69, 9.17) is 4.74 Å². The van der Waals surface area contributed by atoms with E-state index in [1.165, 1.54) is 0 Å². The average molecular weight is 456 g/mol. The van der Waals surface area contributed by atoms with Crippen LogP contribution in [-0.2, 0) is 21.4 Å². The summed E-state index contributed by atoms with van der Waals surface area (Å²) in [5, 5.41) is 2.80. The van der Waals surface area contributed by atoms with Crippen molar-refractivity contribution >= 4 is 26.7 Å². The summed E-state index contributed by atoms with van der Waals surface area (Å²) < 4.78 is 33.4. The number of benzene rings is 2. The van der Waals surface area contributed by atoms with Gasteiger partial charge in [0.15, 0.2) is 0 Å². The molecule has 0 bridgehead atoms. The van der Waals surface area contributed by atoms with Crippen molar-refractivity contribution in [3.8, 4) is 5.75 Å². The lowest BCUT2D eigenvalue weighted by Crippen LogP contribution is -2.28. The van der Waals surface area contributed by atoms with E-state index >= 15 is 0 Å². The molecule has 1 heterocycles. The Morgan fingerprint density at radius 2 is 1.75 bits per heavy atom. The summed E-state index contributed by atoms with van der Waals surface area (Å²) in [7, 11) is -3.73. The zero-order valence-corrected chi connectivity index (χ0v) is 19.8. The lowest BCUT2D eigenvalue weighted by Gasteiger charge is -2.10. The van der Waals surface area contributed by atoms with Crippen LogP contribution in [0.3, 0.4) is 0 Å². The minimum atomic E-state index is -3.73. The smallest absolute Gasteiger partial charge is 0.264 e. The van der Waals surface area contributed by atoms with Gasteiger partial charge in [-0.1, -0.05) is 30.3 Å². The Balaban J connectivity index is 1.66. The minimum Gasteiger partial charge on any atom is -0.491 e. The highest BCUT2D eigenvalue weighted by Crippen LogP contribution is 2.30. The SMILES string of the molecule is CC1=C(c2ccc(C)c(C)c2)S(=O)(=O)NC1=NCC(=O)NCc1ccc(OC(C)C)cc1. The number of amidine groups is 1. The van der Waals surface area contributed by atoms with E-state index in [9.17, 15) is 13.2 Å². The molecule has 0 atom stereocenters. The van der Waals surface area contributed by atoms with E-state index in [1.54, 1.807) is 13.0 Å². The first-order chi connectivity index (χ1) is 15.1. The minimum absolute atomic E-state index is 0.0979. The third-order valence-electron chi connectivity index (χ3n) is 5.13. The van der Waals surface area contributed by atoms with Crippen LogP contribution in [0.25, 0.3) is 4.91 Å². The number of aryl methyl sites for hydroxylation is 2. The lowest BCUT2D eigenvalue weighted by molar-refractivity contribution is -0.119. The van der Waals surface area contributed by atoms with Gasteiger partial charge in [0.05, 0.1) is 6.10 Å². The molecule has 32 heavy (non-hydrogen) atoms. The molecule has 170 valence electrons. The molecular formula is C24H29N3O4S. The summed E-state index contributed by atoms with van der Waals surface area (Å²) in [5.74, 6) is 0.673. The van der Waals surface area contributed by atoms with Crippen molar-refractivity contribution in [3.63, 3.8) is 0 Å². The Hall–Kier alpha value is -3.13. The predicted molar refractivity (Wildman–Crippen MR) is 127 cm³/mol. The number of amides is 1. The van der Waals surface area contributed by atoms with Crippen LogP contribution in [0, 0.1) is 13.8 Å². The van der Waals surface area contributed by atoms with E-state index in [1.807, 2.05) is 64.1 Å². The summed E-state index contributed by atoms with van der Waals surface area (Å²) in [4.78, 5) is 16.7. The fourth-order valence-corrected chi connectivity index (χ4v) is 4.85. The largest absolute Gasteiger partial charge is 0.491 e. The number of sulfonamides is 1. The average Bonchev–Trinajstić information content (AvgIpc) is 2.95. The van der Waals surface area contributed by atoms with Crippen molar-refractivity contribution in [3.05, 3.63) is 70.3 Å². The van der Waals surface area contributed by atoms with Crippen LogP contribution in [0.2, 0.25) is 0 Å². The fourth-order valence-electron chi connectivity index (χ4n) is 3.33. The summed E-state index contributed by atoms with van der Waals surface area (Å²) >= 11 is 0. The van der Waals surface area contributed by atoms with Gasteiger partial charge in [0.1, 0.15) is 23.0 Å². The number of nitrogens with zero attached hydrogens (tertiary/aromatic N) is 1. The van der Waals surface area contributed by atoms with Crippen molar-refractivity contribution in [2.75, 3.05) is 6.54 Å². The number of ether oxygens (including phenoxy) is 1. The van der Waals surface area contributed by atoms with Gasteiger partial charge in [-0.3, -0.25) is 14.5 Å². The number of nitrogens with one attached hydrogen (secondary N) is 2. The van der Waals surface area contributed by atoms with Crippen LogP contribution >= 0.6 is 0 Å². The van der Waals surface area contributed by atoms with Gasteiger partial charge in [-0.2, -0.15) is 0 Å². The maximum atomic E-state index is 12.7. The number of carbonyl (C=O) groups is 1. The second-order valence-electron chi connectivity index (χ2n) is 8.11. The summed E-state index contributed by atoms with van der Waals surface area (Å²) in [6, 6.07) is 13.0. The van der Waals surface area contributed by atoms with Crippen LogP contribution in [0.15, 0.2) is 53.0 Å². The van der Waals surface area contributed by atoms with Gasteiger partial charge in [-0.05, 0) is 69.0 Å². The highest BCUT2D eigenvalue weighted by atomic mass is 32.2. The first kappa shape index (κ1) is 23.5. The molecule has 0 saturated carbocycles. The Morgan fingerprint density at radius 1 is 1.06 bits per heavy atom. The van der Waals surface area contributed by atoms with Gasteiger partial charge in [-0.25, -0.2) is 8.42 Å². The highest BCUT2D eigenvalue weighted by Gasteiger charge is 2.32. The van der Waals surface area contributed by atoms with E-state index in [0.29, 0.717) is 17.7 Å². The van der Waals surface area contributed by atoms with Crippen molar-refractivity contribution in [1.82, 2.24) is 10.0 Å². The molecule has 2 N–H and O–H groups in total. The number of rotatable bonds is 7. The number of hydrogen-bond donors (Lipinski definition) is 2. The van der Waals surface area contributed by atoms with Gasteiger partial charge in [0.2, 0.25) is 5.91 Å². The number of carbonyl (C=O) groups excluding carboxylic acids is 1. The molecule has 2 aromatic rings. The van der Waals surface area contributed by atoms with E-state index in [-0.39, 0.29) is 29.3 Å². The maximum absolute atomic E-state index is 12.7. The summed E-state index contributed by atoms with van der Waals surface area (Å²) in [6.07, 6.45) is 0.0979. The van der Waals surface area contributed by atoms with Crippen molar-refractivity contribution < 1.29 is 17.9 Å². The van der Waals surface area contributed by atoms with Crippen LogP contribution in [0.5, 0.6) is 5.75 Å². The van der Waals surface area contributed by atoms with Gasteiger partial charge >= 0.3 is 0 Å². The molecule has 0 aliphatic carbocycles. The predicted octanol–water partition coefficient (Wildman–Crippen LogP) is 3.47. The van der Waals surface area contributed by atoms with Crippen molar-refractivity contribution in [2.45, 2.75) is 47.3 Å². The normalized spacial score (nSPS) is 16.4. The second-order valence-corrected chi connectivity index (χ2v) is 9.73. The van der Waals surface area contributed by atoms with Crippen LogP contribution in [0.4, 0.5) is 0 Å². The quantitative estimate of drug-likeness (QED) is 0.668. The second kappa shape index (κ2) is 9.56. The third-order valence-corrected chi connectivity index (χ3v) is 6.67. The summed E-state index contributed by atoms with van der Waals surface area (Å²) in [5.41, 5.74) is 4.13. The Kier molecular flexibility index (Phi) is 7.03. The third kappa shape index (κ3) is 5.56. The zero-order valence-electron chi connectivity index (χ0n) is 19.0. The number of hydrogen-bond acceptors (Lipinski definition) is 5. The standard InChI is InChI=1S/C24H29N3O4S/c1-15(2)31-21-10-7-19(8-11-21)13-25-22(28)14-26-24-18(5)23(32(29,30)27-24)20-9-6-16(3)17(4)12-20/h6-12,15H,13-14H2,1-5H3,(H,25,28)(H,26,27). The van der Waals surface area contributed by atoms with Crippen LogP contribution in [0.1, 0.15) is 43.0 Å². The van der Waals surface area contributed by atoms with E-state index in [0.717, 1.165) is 22.4 Å². The number of aliphatic imine (C=N–C) groups is 1. The van der Waals surface area contributed by atoms with Gasteiger partial charge in [0.25, 0.3) is 10.0 Å². The Morgan fingerprint density at radius 3 is 2.38 bits per heavy atom. The molecular weight excluding hydrogens is 426 g/mol. The Labute approximate surface area is 189 Å². The fraction of sp³-hybridized carbons (Fsp3) is 0.333. The van der Waals surface area contributed by atoms with E-state index in [2.05, 4.69) is 15.0 Å². The first-order valence-corrected chi connectivity index (χ1v) is 11.9. The van der Waals surface area contributed by atoms with E-state index < -0.39 is 10.0 Å². The highest BCUT2D eigenvalue weighted by molar-refractivity contribution is 8.00. The monoisotopic (exact) mass is 455 g/mol. The molecule has 0 unspecified atom stereocenters. The topological polar surface area (TPSA) is 96.9 Å². The molecule has 0 spiro atoms. The Bertz CT molecular complexity index is 1180. The van der Waals surface area contributed by atoms with Gasteiger partial charge in [-0.15, -0.1) is 0 Å². The maximum Gasteiger partial charge on any atom is 0.264 e. The molecule has 7 nitrogen and oxygen atoms in total. The zero-order chi connectivity index (χ0) is 23.5. The molecule has 1 aliphatic rings. The molecule has 8 heteroatoms.